The highest BCUT2D eigenvalue weighted by atomic mass is 35.5. The molecular weight excluding hydrogens is 294 g/mol. The van der Waals surface area contributed by atoms with Crippen molar-refractivity contribution in [1.82, 2.24) is 0 Å². The molecule has 0 atom stereocenters. The number of rotatable bonds is 2. The summed E-state index contributed by atoms with van der Waals surface area (Å²) in [4.78, 5) is 7.01. The van der Waals surface area contributed by atoms with Crippen LogP contribution >= 0.6 is 46.4 Å². The number of nitrogens with one attached hydrogen (secondary N) is 2. The standard InChI is InChI=1S/C8H2Cl4N4/c9-3-5(11)8(16-2-14)6(12)4(10)7(3)15-1-13/h13-14H. The van der Waals surface area contributed by atoms with Crippen molar-refractivity contribution in [3.63, 3.8) is 0 Å². The molecule has 0 aliphatic rings. The van der Waals surface area contributed by atoms with Gasteiger partial charge >= 0.3 is 0 Å². The Morgan fingerprint density at radius 3 is 1.12 bits per heavy atom. The fraction of sp³-hybridized carbons (Fsp3) is 0. The van der Waals surface area contributed by atoms with Crippen LogP contribution in [0.1, 0.15) is 0 Å². The van der Waals surface area contributed by atoms with Crippen LogP contribution in [-0.4, -0.2) is 12.0 Å². The van der Waals surface area contributed by atoms with Gasteiger partial charge in [-0.2, -0.15) is 9.98 Å². The molecule has 8 heteroatoms. The summed E-state index contributed by atoms with van der Waals surface area (Å²) < 4.78 is 0. The lowest BCUT2D eigenvalue weighted by molar-refractivity contribution is 1.45. The van der Waals surface area contributed by atoms with Crippen LogP contribution in [0.25, 0.3) is 0 Å². The van der Waals surface area contributed by atoms with E-state index in [1.165, 1.54) is 0 Å². The van der Waals surface area contributed by atoms with Gasteiger partial charge in [0.15, 0.2) is 0 Å². The first kappa shape index (κ1) is 13.2. The summed E-state index contributed by atoms with van der Waals surface area (Å²) in [7, 11) is 0. The van der Waals surface area contributed by atoms with E-state index in [0.717, 1.165) is 0 Å². The second-order valence-electron chi connectivity index (χ2n) is 2.40. The van der Waals surface area contributed by atoms with Crippen molar-refractivity contribution in [3.05, 3.63) is 20.1 Å². The number of nitrogens with zero attached hydrogens (tertiary/aromatic N) is 2. The van der Waals surface area contributed by atoms with Crippen LogP contribution < -0.4 is 0 Å². The molecule has 2 N–H and O–H groups in total. The van der Waals surface area contributed by atoms with Gasteiger partial charge in [-0.05, 0) is 0 Å². The number of hydrogen-bond acceptors (Lipinski definition) is 4. The smallest absolute Gasteiger partial charge is 0.115 e. The molecule has 0 saturated heterocycles. The Hall–Kier alpha value is -0.860. The monoisotopic (exact) mass is 294 g/mol. The van der Waals surface area contributed by atoms with Crippen LogP contribution in [0, 0.1) is 10.8 Å². The van der Waals surface area contributed by atoms with E-state index in [1.807, 2.05) is 0 Å². The molecular formula is C8H2Cl4N4. The van der Waals surface area contributed by atoms with Crippen molar-refractivity contribution >= 4 is 69.8 Å². The van der Waals surface area contributed by atoms with Crippen LogP contribution in [0.15, 0.2) is 9.98 Å². The fourth-order valence-corrected chi connectivity index (χ4v) is 1.92. The molecule has 0 bridgehead atoms. The van der Waals surface area contributed by atoms with Crippen LogP contribution in [0.5, 0.6) is 0 Å². The topological polar surface area (TPSA) is 72.4 Å². The molecule has 1 aromatic rings. The lowest BCUT2D eigenvalue weighted by Crippen LogP contribution is -1.79. The summed E-state index contributed by atoms with van der Waals surface area (Å²) in [5.41, 5.74) is 0.0783. The maximum atomic E-state index is 6.72. The summed E-state index contributed by atoms with van der Waals surface area (Å²) in [6, 6.07) is 3.55. The molecule has 0 heterocycles. The Balaban J connectivity index is 3.75. The van der Waals surface area contributed by atoms with Gasteiger partial charge in [-0.1, -0.05) is 46.4 Å². The Kier molecular flexibility index (Phi) is 4.51. The minimum absolute atomic E-state index is 0.00943. The molecule has 16 heavy (non-hydrogen) atoms. The van der Waals surface area contributed by atoms with Crippen LogP contribution in [0.3, 0.4) is 0 Å². The van der Waals surface area contributed by atoms with Gasteiger partial charge in [0.25, 0.3) is 0 Å². The largest absolute Gasteiger partial charge is 0.241 e. The predicted molar refractivity (Wildman–Crippen MR) is 66.1 cm³/mol. The van der Waals surface area contributed by atoms with E-state index in [4.69, 9.17) is 57.2 Å². The number of benzene rings is 1. The predicted octanol–water partition coefficient (Wildman–Crippen LogP) is 5.07. The van der Waals surface area contributed by atoms with Gasteiger partial charge < -0.3 is 0 Å². The quantitative estimate of drug-likeness (QED) is 0.565. The van der Waals surface area contributed by atoms with Crippen molar-refractivity contribution in [1.29, 1.82) is 10.8 Å². The molecule has 82 valence electrons. The summed E-state index contributed by atoms with van der Waals surface area (Å²) in [6.45, 7) is 0. The first-order valence-corrected chi connectivity index (χ1v) is 5.16. The van der Waals surface area contributed by atoms with Crippen molar-refractivity contribution in [2.45, 2.75) is 0 Å². The van der Waals surface area contributed by atoms with Gasteiger partial charge in [-0.25, -0.2) is 10.8 Å². The Bertz CT molecular complexity index is 463. The zero-order valence-electron chi connectivity index (χ0n) is 7.41. The average Bonchev–Trinajstić information content (AvgIpc) is 2.28. The molecule has 0 unspecified atom stereocenters. The third kappa shape index (κ3) is 2.28. The highest BCUT2D eigenvalue weighted by molar-refractivity contribution is 6.52. The number of hydrogen-bond donors (Lipinski definition) is 2. The lowest BCUT2D eigenvalue weighted by Gasteiger charge is -2.07. The molecule has 1 rings (SSSR count). The van der Waals surface area contributed by atoms with Crippen molar-refractivity contribution in [2.24, 2.45) is 9.98 Å². The number of aliphatic imine (C=N–C) groups is 2. The Morgan fingerprint density at radius 1 is 0.688 bits per heavy atom. The average molecular weight is 296 g/mol. The van der Waals surface area contributed by atoms with Crippen molar-refractivity contribution in [2.75, 3.05) is 0 Å². The van der Waals surface area contributed by atoms with E-state index in [-0.39, 0.29) is 31.5 Å². The van der Waals surface area contributed by atoms with E-state index in [1.54, 1.807) is 12.0 Å². The molecule has 0 aromatic heterocycles. The van der Waals surface area contributed by atoms with Crippen molar-refractivity contribution < 1.29 is 0 Å². The van der Waals surface area contributed by atoms with E-state index >= 15 is 0 Å². The van der Waals surface area contributed by atoms with Gasteiger partial charge in [0.05, 0.1) is 32.1 Å². The van der Waals surface area contributed by atoms with Crippen molar-refractivity contribution in [3.8, 4) is 0 Å². The molecule has 0 saturated carbocycles. The summed E-state index contributed by atoms with van der Waals surface area (Å²) in [5, 5.41) is 13.4. The lowest BCUT2D eigenvalue weighted by atomic mass is 10.3. The summed E-state index contributed by atoms with van der Waals surface area (Å²) in [5.74, 6) is 0. The van der Waals surface area contributed by atoms with Gasteiger partial charge in [0.1, 0.15) is 11.4 Å². The van der Waals surface area contributed by atoms with E-state index in [2.05, 4.69) is 9.98 Å². The van der Waals surface area contributed by atoms with Crippen LogP contribution in [-0.2, 0) is 0 Å². The minimum atomic E-state index is -0.00943. The minimum Gasteiger partial charge on any atom is -0.241 e. The molecule has 0 spiro atoms. The second-order valence-corrected chi connectivity index (χ2v) is 3.91. The molecule has 1 aromatic carbocycles. The van der Waals surface area contributed by atoms with E-state index < -0.39 is 0 Å². The Labute approximate surface area is 111 Å². The second kappa shape index (κ2) is 5.46. The molecule has 0 aliphatic heterocycles. The first-order valence-electron chi connectivity index (χ1n) is 3.65. The SMILES string of the molecule is N=C=Nc1c(Cl)c(Cl)c(N=C=N)c(Cl)c1Cl. The molecule has 0 amide bonds. The van der Waals surface area contributed by atoms with E-state index in [0.29, 0.717) is 0 Å². The van der Waals surface area contributed by atoms with Crippen LogP contribution in [0.2, 0.25) is 20.1 Å². The summed E-state index contributed by atoms with van der Waals surface area (Å²) >= 11 is 23.4. The normalized spacial score (nSPS) is 9.25. The maximum Gasteiger partial charge on any atom is 0.115 e. The van der Waals surface area contributed by atoms with Crippen LogP contribution in [0.4, 0.5) is 11.4 Å². The van der Waals surface area contributed by atoms with Gasteiger partial charge in [0.2, 0.25) is 0 Å². The fourth-order valence-electron chi connectivity index (χ4n) is 0.917. The van der Waals surface area contributed by atoms with Gasteiger partial charge in [-0.15, -0.1) is 0 Å². The highest BCUT2D eigenvalue weighted by Gasteiger charge is 2.19. The molecule has 0 aliphatic carbocycles. The molecule has 4 nitrogen and oxygen atoms in total. The zero-order valence-corrected chi connectivity index (χ0v) is 10.4. The van der Waals surface area contributed by atoms with Gasteiger partial charge in [-0.3, -0.25) is 0 Å². The Morgan fingerprint density at radius 2 is 0.938 bits per heavy atom. The van der Waals surface area contributed by atoms with Gasteiger partial charge in [0, 0.05) is 0 Å². The molecule has 0 fully saturated rings. The highest BCUT2D eigenvalue weighted by Crippen LogP contribution is 2.49. The zero-order chi connectivity index (χ0) is 12.3. The summed E-state index contributed by atoms with van der Waals surface area (Å²) in [6.07, 6.45) is 0. The third-order valence-electron chi connectivity index (χ3n) is 1.55. The third-order valence-corrected chi connectivity index (χ3v) is 3.22. The maximum absolute atomic E-state index is 6.72. The number of halogens is 4. The first-order chi connectivity index (χ1) is 7.54. The van der Waals surface area contributed by atoms with E-state index in [9.17, 15) is 0 Å². The molecule has 0 radical (unpaired) electrons.